The van der Waals surface area contributed by atoms with Gasteiger partial charge in [0.2, 0.25) is 0 Å². The van der Waals surface area contributed by atoms with Crippen molar-refractivity contribution in [2.75, 3.05) is 5.75 Å². The second-order valence-corrected chi connectivity index (χ2v) is 6.80. The zero-order valence-electron chi connectivity index (χ0n) is 11.1. The summed E-state index contributed by atoms with van der Waals surface area (Å²) in [5.41, 5.74) is 0.705. The van der Waals surface area contributed by atoms with Crippen LogP contribution in [0.5, 0.6) is 0 Å². The van der Waals surface area contributed by atoms with Crippen LogP contribution in [0.2, 0.25) is 5.02 Å². The highest BCUT2D eigenvalue weighted by atomic mass is 79.9. The third-order valence-corrected chi connectivity index (χ3v) is 4.64. The van der Waals surface area contributed by atoms with Crippen LogP contribution in [0.25, 0.3) is 0 Å². The molecule has 0 fully saturated rings. The molecule has 1 heterocycles. The average Bonchev–Trinajstić information content (AvgIpc) is 2.78. The molecule has 0 radical (unpaired) electrons. The lowest BCUT2D eigenvalue weighted by Crippen LogP contribution is -2.11. The van der Waals surface area contributed by atoms with E-state index in [1.54, 1.807) is 22.6 Å². The van der Waals surface area contributed by atoms with Crippen LogP contribution in [-0.4, -0.2) is 20.6 Å². The maximum Gasteiger partial charge on any atom is 0.106 e. The van der Waals surface area contributed by atoms with E-state index in [0.29, 0.717) is 16.5 Å². The van der Waals surface area contributed by atoms with Crippen LogP contribution in [0.1, 0.15) is 25.1 Å². The molecular weight excluding hydrogens is 360 g/mol. The van der Waals surface area contributed by atoms with Crippen molar-refractivity contribution in [1.29, 1.82) is 0 Å². The van der Waals surface area contributed by atoms with Gasteiger partial charge >= 0.3 is 0 Å². The number of aliphatic hydroxyl groups is 1. The van der Waals surface area contributed by atoms with E-state index in [2.05, 4.69) is 28.0 Å². The topological polar surface area (TPSA) is 38.0 Å². The highest BCUT2D eigenvalue weighted by Crippen LogP contribution is 2.29. The van der Waals surface area contributed by atoms with Gasteiger partial charge in [0, 0.05) is 21.7 Å². The molecule has 108 valence electrons. The maximum absolute atomic E-state index is 10.4. The van der Waals surface area contributed by atoms with E-state index in [1.807, 2.05) is 24.3 Å². The number of nitrogens with zero attached hydrogens (tertiary/aromatic N) is 2. The number of aromatic nitrogens is 2. The van der Waals surface area contributed by atoms with Crippen LogP contribution in [0.3, 0.4) is 0 Å². The summed E-state index contributed by atoms with van der Waals surface area (Å²) in [6, 6.07) is 8.01. The molecule has 0 aliphatic rings. The monoisotopic (exact) mass is 374 g/mol. The molecule has 6 heteroatoms. The van der Waals surface area contributed by atoms with Gasteiger partial charge < -0.3 is 5.11 Å². The zero-order valence-corrected chi connectivity index (χ0v) is 14.2. The van der Waals surface area contributed by atoms with E-state index in [0.717, 1.165) is 22.3 Å². The Kier molecular flexibility index (Phi) is 5.96. The maximum atomic E-state index is 10.4. The smallest absolute Gasteiger partial charge is 0.106 e. The molecule has 20 heavy (non-hydrogen) atoms. The Morgan fingerprint density at radius 1 is 1.50 bits per heavy atom. The average molecular weight is 376 g/mol. The van der Waals surface area contributed by atoms with Crippen molar-refractivity contribution >= 4 is 39.3 Å². The first-order chi connectivity index (χ1) is 9.61. The molecule has 3 nitrogen and oxygen atoms in total. The predicted molar refractivity (Wildman–Crippen MR) is 87.4 cm³/mol. The third-order valence-electron chi connectivity index (χ3n) is 2.79. The molecule has 1 aromatic carbocycles. The van der Waals surface area contributed by atoms with Crippen molar-refractivity contribution in [1.82, 2.24) is 9.78 Å². The number of rotatable bonds is 6. The minimum absolute atomic E-state index is 0.529. The molecule has 2 rings (SSSR count). The minimum Gasteiger partial charge on any atom is -0.386 e. The number of thioether (sulfide) groups is 1. The van der Waals surface area contributed by atoms with E-state index in [1.165, 1.54) is 0 Å². The van der Waals surface area contributed by atoms with E-state index in [9.17, 15) is 5.11 Å². The number of hydrogen-bond acceptors (Lipinski definition) is 3. The van der Waals surface area contributed by atoms with Crippen molar-refractivity contribution in [2.45, 2.75) is 30.9 Å². The standard InChI is InChI=1S/C14H16BrClN2OS/c1-2-6-18-14(12(16)8-17-18)13(19)9-20-11-5-3-4-10(15)7-11/h3-5,7-8,13,19H,2,6,9H2,1H3. The van der Waals surface area contributed by atoms with Gasteiger partial charge in [0.1, 0.15) is 6.10 Å². The largest absolute Gasteiger partial charge is 0.386 e. The molecule has 1 atom stereocenters. The fourth-order valence-corrected chi connectivity index (χ4v) is 3.62. The van der Waals surface area contributed by atoms with Gasteiger partial charge in [-0.25, -0.2) is 0 Å². The second kappa shape index (κ2) is 7.50. The van der Waals surface area contributed by atoms with Crippen LogP contribution >= 0.6 is 39.3 Å². The summed E-state index contributed by atoms with van der Waals surface area (Å²) in [4.78, 5) is 1.11. The summed E-state index contributed by atoms with van der Waals surface area (Å²) in [5, 5.41) is 15.1. The van der Waals surface area contributed by atoms with Crippen LogP contribution in [0.4, 0.5) is 0 Å². The van der Waals surface area contributed by atoms with Gasteiger partial charge in [-0.05, 0) is 24.6 Å². The van der Waals surface area contributed by atoms with Gasteiger partial charge in [-0.2, -0.15) is 5.10 Å². The number of aliphatic hydroxyl groups excluding tert-OH is 1. The van der Waals surface area contributed by atoms with Crippen molar-refractivity contribution < 1.29 is 5.11 Å². The lowest BCUT2D eigenvalue weighted by Gasteiger charge is -2.13. The summed E-state index contributed by atoms with van der Waals surface area (Å²) in [5.74, 6) is 0.547. The Morgan fingerprint density at radius 3 is 3.00 bits per heavy atom. The lowest BCUT2D eigenvalue weighted by atomic mass is 10.3. The van der Waals surface area contributed by atoms with Gasteiger partial charge in [-0.15, -0.1) is 11.8 Å². The van der Waals surface area contributed by atoms with E-state index >= 15 is 0 Å². The first-order valence-electron chi connectivity index (χ1n) is 6.39. The van der Waals surface area contributed by atoms with Gasteiger partial charge in [-0.3, -0.25) is 4.68 Å². The third kappa shape index (κ3) is 4.01. The number of aryl methyl sites for hydroxylation is 1. The summed E-state index contributed by atoms with van der Waals surface area (Å²) in [6.45, 7) is 2.84. The summed E-state index contributed by atoms with van der Waals surface area (Å²) < 4.78 is 2.82. The number of benzene rings is 1. The van der Waals surface area contributed by atoms with Gasteiger partial charge in [0.25, 0.3) is 0 Å². The number of hydrogen-bond donors (Lipinski definition) is 1. The lowest BCUT2D eigenvalue weighted by molar-refractivity contribution is 0.191. The fraction of sp³-hybridized carbons (Fsp3) is 0.357. The molecule has 1 N–H and O–H groups in total. The van der Waals surface area contributed by atoms with Crippen LogP contribution in [0.15, 0.2) is 39.8 Å². The summed E-state index contributed by atoms with van der Waals surface area (Å²) in [6.07, 6.45) is 1.93. The first-order valence-corrected chi connectivity index (χ1v) is 8.55. The molecule has 0 saturated carbocycles. The highest BCUT2D eigenvalue weighted by Gasteiger charge is 2.18. The second-order valence-electron chi connectivity index (χ2n) is 4.39. The Bertz CT molecular complexity index is 576. The molecule has 0 saturated heterocycles. The molecule has 0 bridgehead atoms. The Morgan fingerprint density at radius 2 is 2.30 bits per heavy atom. The van der Waals surface area contributed by atoms with Crippen molar-refractivity contribution in [2.24, 2.45) is 0 Å². The summed E-state index contributed by atoms with van der Waals surface area (Å²) >= 11 is 11.2. The predicted octanol–water partition coefficient (Wildman–Crippen LogP) is 4.53. The molecule has 1 aromatic heterocycles. The van der Waals surface area contributed by atoms with Crippen LogP contribution < -0.4 is 0 Å². The van der Waals surface area contributed by atoms with E-state index in [4.69, 9.17) is 11.6 Å². The highest BCUT2D eigenvalue weighted by molar-refractivity contribution is 9.10. The SMILES string of the molecule is CCCn1ncc(Cl)c1C(O)CSc1cccc(Br)c1. The Hall–Kier alpha value is -0.490. The fourth-order valence-electron chi connectivity index (χ4n) is 1.90. The van der Waals surface area contributed by atoms with E-state index < -0.39 is 6.10 Å². The minimum atomic E-state index is -0.625. The molecule has 2 aromatic rings. The quantitative estimate of drug-likeness (QED) is 0.754. The van der Waals surface area contributed by atoms with Crippen LogP contribution in [-0.2, 0) is 6.54 Å². The first kappa shape index (κ1) is 15.9. The van der Waals surface area contributed by atoms with E-state index in [-0.39, 0.29) is 0 Å². The Labute approximate surface area is 136 Å². The van der Waals surface area contributed by atoms with Crippen molar-refractivity contribution in [3.63, 3.8) is 0 Å². The number of halogens is 2. The van der Waals surface area contributed by atoms with Crippen molar-refractivity contribution in [3.05, 3.63) is 45.7 Å². The molecular formula is C14H16BrClN2OS. The van der Waals surface area contributed by atoms with Gasteiger partial charge in [-0.1, -0.05) is 40.5 Å². The molecule has 0 aliphatic carbocycles. The van der Waals surface area contributed by atoms with Gasteiger partial charge in [0.05, 0.1) is 16.9 Å². The molecule has 0 amide bonds. The zero-order chi connectivity index (χ0) is 14.5. The Balaban J connectivity index is 2.05. The molecule has 0 aliphatic heterocycles. The van der Waals surface area contributed by atoms with Crippen molar-refractivity contribution in [3.8, 4) is 0 Å². The molecule has 1 unspecified atom stereocenters. The van der Waals surface area contributed by atoms with Crippen LogP contribution in [0, 0.1) is 0 Å². The summed E-state index contributed by atoms with van der Waals surface area (Å²) in [7, 11) is 0. The van der Waals surface area contributed by atoms with Gasteiger partial charge in [0.15, 0.2) is 0 Å². The molecule has 0 spiro atoms. The normalized spacial score (nSPS) is 12.6.